The number of nitrogens with one attached hydrogen (secondary N) is 1. The van der Waals surface area contributed by atoms with Crippen LogP contribution in [-0.4, -0.2) is 19.2 Å². The second-order valence-corrected chi connectivity index (χ2v) is 5.96. The van der Waals surface area contributed by atoms with Crippen molar-refractivity contribution in [2.75, 3.05) is 14.2 Å². The number of halogens is 1. The minimum absolute atomic E-state index is 0.0259. The van der Waals surface area contributed by atoms with Gasteiger partial charge >= 0.3 is 0 Å². The molecule has 0 aliphatic carbocycles. The molecule has 130 valence electrons. The molecule has 1 heterocycles. The van der Waals surface area contributed by atoms with Crippen molar-refractivity contribution >= 4 is 11.6 Å². The summed E-state index contributed by atoms with van der Waals surface area (Å²) in [6.07, 6.45) is 0. The van der Waals surface area contributed by atoms with Crippen molar-refractivity contribution in [2.45, 2.75) is 0 Å². The number of pyridine rings is 1. The Hall–Kier alpha value is -3.23. The van der Waals surface area contributed by atoms with Crippen LogP contribution in [0.25, 0.3) is 22.4 Å². The molecular formula is C20H15ClN2O3. The summed E-state index contributed by atoms with van der Waals surface area (Å²) in [5.74, 6) is 1.13. The van der Waals surface area contributed by atoms with E-state index in [0.717, 1.165) is 5.56 Å². The maximum atomic E-state index is 12.4. The second kappa shape index (κ2) is 7.34. The molecule has 1 N–H and O–H groups in total. The van der Waals surface area contributed by atoms with E-state index in [9.17, 15) is 10.1 Å². The molecule has 2 aromatic carbocycles. The van der Waals surface area contributed by atoms with Crippen LogP contribution < -0.4 is 15.0 Å². The molecule has 1 aromatic heterocycles. The zero-order valence-corrected chi connectivity index (χ0v) is 14.9. The molecule has 3 aromatic rings. The van der Waals surface area contributed by atoms with Crippen molar-refractivity contribution in [1.82, 2.24) is 4.98 Å². The van der Waals surface area contributed by atoms with Crippen LogP contribution in [0.2, 0.25) is 5.02 Å². The summed E-state index contributed by atoms with van der Waals surface area (Å²) in [6.45, 7) is 0. The molecule has 0 saturated carbocycles. The fourth-order valence-electron chi connectivity index (χ4n) is 2.65. The van der Waals surface area contributed by atoms with Crippen LogP contribution in [0.1, 0.15) is 5.56 Å². The van der Waals surface area contributed by atoms with Gasteiger partial charge in [-0.15, -0.1) is 0 Å². The lowest BCUT2D eigenvalue weighted by molar-refractivity contribution is 0.394. The number of methoxy groups -OCH3 is 2. The first-order valence-electron chi connectivity index (χ1n) is 7.72. The Labute approximate surface area is 155 Å². The molecule has 0 radical (unpaired) electrons. The van der Waals surface area contributed by atoms with Crippen LogP contribution in [-0.2, 0) is 0 Å². The summed E-state index contributed by atoms with van der Waals surface area (Å²) in [7, 11) is 3.08. The minimum atomic E-state index is -0.461. The molecule has 0 bridgehead atoms. The second-order valence-electron chi connectivity index (χ2n) is 5.52. The molecule has 0 aliphatic heterocycles. The zero-order chi connectivity index (χ0) is 18.7. The van der Waals surface area contributed by atoms with Crippen LogP contribution in [0.15, 0.2) is 53.3 Å². The number of nitrogens with zero attached hydrogens (tertiary/aromatic N) is 1. The number of hydrogen-bond acceptors (Lipinski definition) is 4. The summed E-state index contributed by atoms with van der Waals surface area (Å²) in [5, 5.41) is 10.1. The van der Waals surface area contributed by atoms with E-state index in [0.29, 0.717) is 33.3 Å². The first kappa shape index (κ1) is 17.6. The third-order valence-electron chi connectivity index (χ3n) is 3.96. The van der Waals surface area contributed by atoms with Gasteiger partial charge in [0.1, 0.15) is 23.1 Å². The Morgan fingerprint density at radius 2 is 1.58 bits per heavy atom. The fraction of sp³-hybridized carbons (Fsp3) is 0.100. The molecule has 0 atom stereocenters. The molecule has 0 amide bonds. The van der Waals surface area contributed by atoms with E-state index in [1.807, 2.05) is 6.07 Å². The van der Waals surface area contributed by atoms with Crippen molar-refractivity contribution in [2.24, 2.45) is 0 Å². The Morgan fingerprint density at radius 1 is 0.962 bits per heavy atom. The number of ether oxygens (including phenoxy) is 2. The molecule has 0 aliphatic rings. The molecule has 6 heteroatoms. The summed E-state index contributed by atoms with van der Waals surface area (Å²) in [4.78, 5) is 15.2. The molecule has 5 nitrogen and oxygen atoms in total. The van der Waals surface area contributed by atoms with Crippen molar-refractivity contribution in [3.05, 3.63) is 69.5 Å². The van der Waals surface area contributed by atoms with Crippen molar-refractivity contribution in [3.63, 3.8) is 0 Å². The van der Waals surface area contributed by atoms with Gasteiger partial charge in [0.15, 0.2) is 0 Å². The average Bonchev–Trinajstić information content (AvgIpc) is 2.67. The summed E-state index contributed by atoms with van der Waals surface area (Å²) < 4.78 is 10.6. The molecular weight excluding hydrogens is 352 g/mol. The summed E-state index contributed by atoms with van der Waals surface area (Å²) in [5.41, 5.74) is 2.08. The SMILES string of the molecule is COc1cc(OC)cc(-c2cc(-c3ccc(Cl)cc3)[nH]c(=O)c2C#N)c1. The standard InChI is InChI=1S/C20H15ClN2O3/c1-25-15-7-13(8-16(9-15)26-2)17-10-19(23-20(24)18(17)11-22)12-3-5-14(21)6-4-12/h3-10H,1-2H3,(H,23,24). The molecule has 0 saturated heterocycles. The molecule has 0 unspecified atom stereocenters. The number of H-pyrrole nitrogens is 1. The third kappa shape index (κ3) is 3.41. The van der Waals surface area contributed by atoms with Crippen LogP contribution in [0.5, 0.6) is 11.5 Å². The number of rotatable bonds is 4. The largest absolute Gasteiger partial charge is 0.497 e. The summed E-state index contributed by atoms with van der Waals surface area (Å²) in [6, 6.07) is 16.1. The number of benzene rings is 2. The smallest absolute Gasteiger partial charge is 0.266 e. The fourth-order valence-corrected chi connectivity index (χ4v) is 2.77. The maximum absolute atomic E-state index is 12.4. The van der Waals surface area contributed by atoms with Gasteiger partial charge in [-0.1, -0.05) is 23.7 Å². The van der Waals surface area contributed by atoms with Crippen molar-refractivity contribution in [3.8, 4) is 40.0 Å². The first-order chi connectivity index (χ1) is 12.5. The van der Waals surface area contributed by atoms with Crippen molar-refractivity contribution < 1.29 is 9.47 Å². The first-order valence-corrected chi connectivity index (χ1v) is 8.10. The van der Waals surface area contributed by atoms with Crippen LogP contribution in [0.3, 0.4) is 0 Å². The highest BCUT2D eigenvalue weighted by Gasteiger charge is 2.14. The van der Waals surface area contributed by atoms with Gasteiger partial charge in [0.05, 0.1) is 14.2 Å². The monoisotopic (exact) mass is 366 g/mol. The maximum Gasteiger partial charge on any atom is 0.266 e. The molecule has 0 spiro atoms. The van der Waals surface area contributed by atoms with Gasteiger partial charge in [-0.25, -0.2) is 0 Å². The third-order valence-corrected chi connectivity index (χ3v) is 4.21. The lowest BCUT2D eigenvalue weighted by Gasteiger charge is -2.11. The van der Waals surface area contributed by atoms with E-state index in [1.165, 1.54) is 0 Å². The van der Waals surface area contributed by atoms with E-state index in [-0.39, 0.29) is 5.56 Å². The quantitative estimate of drug-likeness (QED) is 0.748. The highest BCUT2D eigenvalue weighted by atomic mass is 35.5. The average molecular weight is 367 g/mol. The Bertz CT molecular complexity index is 1030. The van der Waals surface area contributed by atoms with Gasteiger partial charge in [0.2, 0.25) is 0 Å². The van der Waals surface area contributed by atoms with Crippen LogP contribution >= 0.6 is 11.6 Å². The molecule has 0 fully saturated rings. The van der Waals surface area contributed by atoms with E-state index in [2.05, 4.69) is 4.98 Å². The molecule has 3 rings (SSSR count). The number of nitriles is 1. The number of hydrogen-bond donors (Lipinski definition) is 1. The number of aromatic amines is 1. The van der Waals surface area contributed by atoms with Gasteiger partial charge in [0, 0.05) is 22.3 Å². The van der Waals surface area contributed by atoms with Gasteiger partial charge in [-0.2, -0.15) is 5.26 Å². The van der Waals surface area contributed by atoms with E-state index in [1.54, 1.807) is 62.8 Å². The highest BCUT2D eigenvalue weighted by Crippen LogP contribution is 2.32. The minimum Gasteiger partial charge on any atom is -0.497 e. The van der Waals surface area contributed by atoms with Gasteiger partial charge < -0.3 is 14.5 Å². The van der Waals surface area contributed by atoms with Crippen molar-refractivity contribution in [1.29, 1.82) is 5.26 Å². The van der Waals surface area contributed by atoms with E-state index < -0.39 is 5.56 Å². The Kier molecular flexibility index (Phi) is 4.97. The van der Waals surface area contributed by atoms with Gasteiger partial charge in [-0.3, -0.25) is 4.79 Å². The zero-order valence-electron chi connectivity index (χ0n) is 14.2. The predicted octanol–water partition coefficient (Wildman–Crippen LogP) is 4.25. The number of aromatic nitrogens is 1. The lowest BCUT2D eigenvalue weighted by atomic mass is 9.98. The summed E-state index contributed by atoms with van der Waals surface area (Å²) >= 11 is 5.93. The van der Waals surface area contributed by atoms with Gasteiger partial charge in [0.25, 0.3) is 5.56 Å². The Morgan fingerprint density at radius 3 is 2.12 bits per heavy atom. The predicted molar refractivity (Wildman–Crippen MR) is 101 cm³/mol. The van der Waals surface area contributed by atoms with E-state index in [4.69, 9.17) is 21.1 Å². The van der Waals surface area contributed by atoms with Crippen LogP contribution in [0.4, 0.5) is 0 Å². The van der Waals surface area contributed by atoms with Gasteiger partial charge in [-0.05, 0) is 41.5 Å². The molecule has 26 heavy (non-hydrogen) atoms. The van der Waals surface area contributed by atoms with Crippen LogP contribution in [0, 0.1) is 11.3 Å². The van der Waals surface area contributed by atoms with E-state index >= 15 is 0 Å². The normalized spacial score (nSPS) is 10.2. The topological polar surface area (TPSA) is 75.1 Å². The highest BCUT2D eigenvalue weighted by molar-refractivity contribution is 6.30. The Balaban J connectivity index is 2.25. The lowest BCUT2D eigenvalue weighted by Crippen LogP contribution is -2.12.